The molecule has 0 bridgehead atoms. The van der Waals surface area contributed by atoms with Gasteiger partial charge in [-0.3, -0.25) is 5.32 Å². The van der Waals surface area contributed by atoms with Gasteiger partial charge in [0.25, 0.3) is 0 Å². The standard InChI is InChI=1S/C14H20N2O3/c1-14(2,3)19-13(18)16-12-5-4-8(17)6-10(12)9-7-11(9)15/h4-6,9,11,17H,7,15H2,1-3H3,(H,16,18). The summed E-state index contributed by atoms with van der Waals surface area (Å²) in [6, 6.07) is 4.94. The maximum atomic E-state index is 11.8. The Labute approximate surface area is 112 Å². The number of phenols is 1. The smallest absolute Gasteiger partial charge is 0.412 e. The molecule has 5 nitrogen and oxygen atoms in total. The van der Waals surface area contributed by atoms with E-state index in [1.54, 1.807) is 32.9 Å². The lowest BCUT2D eigenvalue weighted by Gasteiger charge is -2.20. The van der Waals surface area contributed by atoms with Crippen LogP contribution in [0.5, 0.6) is 5.75 Å². The lowest BCUT2D eigenvalue weighted by molar-refractivity contribution is 0.0635. The predicted octanol–water partition coefficient (Wildman–Crippen LogP) is 2.55. The molecule has 1 saturated carbocycles. The van der Waals surface area contributed by atoms with Gasteiger partial charge in [-0.25, -0.2) is 4.79 Å². The van der Waals surface area contributed by atoms with E-state index in [0.717, 1.165) is 12.0 Å². The van der Waals surface area contributed by atoms with E-state index in [9.17, 15) is 9.90 Å². The molecule has 1 fully saturated rings. The number of nitrogens with one attached hydrogen (secondary N) is 1. The second-order valence-corrected chi connectivity index (χ2v) is 5.90. The lowest BCUT2D eigenvalue weighted by atomic mass is 10.1. The number of nitrogens with two attached hydrogens (primary N) is 1. The Hall–Kier alpha value is -1.75. The minimum atomic E-state index is -0.544. The van der Waals surface area contributed by atoms with Crippen molar-refractivity contribution in [2.24, 2.45) is 5.73 Å². The van der Waals surface area contributed by atoms with Crippen LogP contribution in [-0.4, -0.2) is 22.8 Å². The van der Waals surface area contributed by atoms with Crippen molar-refractivity contribution < 1.29 is 14.6 Å². The van der Waals surface area contributed by atoms with E-state index < -0.39 is 11.7 Å². The first-order valence-corrected chi connectivity index (χ1v) is 6.35. The molecule has 0 spiro atoms. The molecule has 1 amide bonds. The third-order valence-electron chi connectivity index (χ3n) is 2.91. The number of hydrogen-bond acceptors (Lipinski definition) is 4. The molecule has 2 unspecified atom stereocenters. The average Bonchev–Trinajstić information content (AvgIpc) is 2.95. The molecule has 0 saturated heterocycles. The Morgan fingerprint density at radius 2 is 2.11 bits per heavy atom. The largest absolute Gasteiger partial charge is 0.508 e. The minimum absolute atomic E-state index is 0.0981. The number of amides is 1. The van der Waals surface area contributed by atoms with Crippen molar-refractivity contribution in [3.8, 4) is 5.75 Å². The van der Waals surface area contributed by atoms with E-state index in [1.807, 2.05) is 0 Å². The van der Waals surface area contributed by atoms with Gasteiger partial charge in [-0.1, -0.05) is 0 Å². The zero-order valence-corrected chi connectivity index (χ0v) is 11.4. The highest BCUT2D eigenvalue weighted by Gasteiger charge is 2.37. The van der Waals surface area contributed by atoms with Crippen LogP contribution in [0.1, 0.15) is 38.7 Å². The van der Waals surface area contributed by atoms with Gasteiger partial charge in [0.2, 0.25) is 0 Å². The van der Waals surface area contributed by atoms with Crippen LogP contribution in [0.3, 0.4) is 0 Å². The van der Waals surface area contributed by atoms with Gasteiger partial charge in [0, 0.05) is 17.6 Å². The average molecular weight is 264 g/mol. The van der Waals surface area contributed by atoms with Crippen LogP contribution in [-0.2, 0) is 4.74 Å². The molecule has 19 heavy (non-hydrogen) atoms. The molecule has 0 aromatic heterocycles. The van der Waals surface area contributed by atoms with Gasteiger partial charge >= 0.3 is 6.09 Å². The van der Waals surface area contributed by atoms with Crippen LogP contribution in [0.25, 0.3) is 0 Å². The van der Waals surface area contributed by atoms with Gasteiger partial charge in [-0.05, 0) is 51.0 Å². The summed E-state index contributed by atoms with van der Waals surface area (Å²) < 4.78 is 5.21. The molecule has 4 N–H and O–H groups in total. The van der Waals surface area contributed by atoms with E-state index in [-0.39, 0.29) is 17.7 Å². The number of ether oxygens (including phenoxy) is 1. The highest BCUT2D eigenvalue weighted by Crippen LogP contribution is 2.43. The van der Waals surface area contributed by atoms with E-state index >= 15 is 0 Å². The van der Waals surface area contributed by atoms with E-state index in [1.165, 1.54) is 6.07 Å². The summed E-state index contributed by atoms with van der Waals surface area (Å²) in [6.07, 6.45) is 0.362. The zero-order chi connectivity index (χ0) is 14.2. The highest BCUT2D eigenvalue weighted by molar-refractivity contribution is 5.86. The fraction of sp³-hybridized carbons (Fsp3) is 0.500. The van der Waals surface area contributed by atoms with E-state index in [0.29, 0.717) is 5.69 Å². The summed E-state index contributed by atoms with van der Waals surface area (Å²) in [5.41, 5.74) is 6.78. The number of anilines is 1. The Balaban J connectivity index is 2.14. The van der Waals surface area contributed by atoms with Crippen molar-refractivity contribution in [1.82, 2.24) is 0 Å². The predicted molar refractivity (Wildman–Crippen MR) is 73.3 cm³/mol. The number of phenolic OH excluding ortho intramolecular Hbond substituents is 1. The van der Waals surface area contributed by atoms with Gasteiger partial charge in [0.05, 0.1) is 0 Å². The molecule has 1 aliphatic carbocycles. The molecule has 104 valence electrons. The SMILES string of the molecule is CC(C)(C)OC(=O)Nc1ccc(O)cc1C1CC1N. The van der Waals surface area contributed by atoms with Crippen molar-refractivity contribution in [3.63, 3.8) is 0 Å². The van der Waals surface area contributed by atoms with E-state index in [2.05, 4.69) is 5.32 Å². The maximum Gasteiger partial charge on any atom is 0.412 e. The Morgan fingerprint density at radius 1 is 1.47 bits per heavy atom. The zero-order valence-electron chi connectivity index (χ0n) is 11.4. The number of carbonyl (C=O) groups excluding carboxylic acids is 1. The van der Waals surface area contributed by atoms with Crippen molar-refractivity contribution >= 4 is 11.8 Å². The molecule has 5 heteroatoms. The second kappa shape index (κ2) is 4.74. The quantitative estimate of drug-likeness (QED) is 0.717. The van der Waals surface area contributed by atoms with Gasteiger partial charge in [0.15, 0.2) is 0 Å². The molecule has 0 aliphatic heterocycles. The van der Waals surface area contributed by atoms with Crippen molar-refractivity contribution in [3.05, 3.63) is 23.8 Å². The summed E-state index contributed by atoms with van der Waals surface area (Å²) in [5.74, 6) is 0.362. The lowest BCUT2D eigenvalue weighted by Crippen LogP contribution is -2.27. The van der Waals surface area contributed by atoms with Gasteiger partial charge in [0.1, 0.15) is 11.4 Å². The van der Waals surface area contributed by atoms with Gasteiger partial charge in [-0.2, -0.15) is 0 Å². The van der Waals surface area contributed by atoms with E-state index in [4.69, 9.17) is 10.5 Å². The van der Waals surface area contributed by atoms with Gasteiger partial charge < -0.3 is 15.6 Å². The van der Waals surface area contributed by atoms with Crippen LogP contribution < -0.4 is 11.1 Å². The first-order valence-electron chi connectivity index (χ1n) is 6.35. The van der Waals surface area contributed by atoms with Crippen LogP contribution >= 0.6 is 0 Å². The number of carbonyl (C=O) groups is 1. The molecular formula is C14H20N2O3. The van der Waals surface area contributed by atoms with Crippen molar-refractivity contribution in [1.29, 1.82) is 0 Å². The fourth-order valence-electron chi connectivity index (χ4n) is 1.96. The molecule has 2 rings (SSSR count). The third-order valence-corrected chi connectivity index (χ3v) is 2.91. The Kier molecular flexibility index (Phi) is 3.41. The second-order valence-electron chi connectivity index (χ2n) is 5.90. The number of benzene rings is 1. The molecule has 0 heterocycles. The van der Waals surface area contributed by atoms with Crippen molar-refractivity contribution in [2.45, 2.75) is 44.8 Å². The summed E-state index contributed by atoms with van der Waals surface area (Å²) in [6.45, 7) is 5.42. The molecule has 0 radical (unpaired) electrons. The summed E-state index contributed by atoms with van der Waals surface area (Å²) in [7, 11) is 0. The monoisotopic (exact) mass is 264 g/mol. The van der Waals surface area contributed by atoms with Crippen LogP contribution in [0.15, 0.2) is 18.2 Å². The van der Waals surface area contributed by atoms with Crippen LogP contribution in [0.2, 0.25) is 0 Å². The molecule has 1 aromatic carbocycles. The van der Waals surface area contributed by atoms with Crippen LogP contribution in [0.4, 0.5) is 10.5 Å². The molecule has 1 aliphatic rings. The molecular weight excluding hydrogens is 244 g/mol. The summed E-state index contributed by atoms with van der Waals surface area (Å²) >= 11 is 0. The Bertz CT molecular complexity index is 494. The Morgan fingerprint density at radius 3 is 2.63 bits per heavy atom. The fourth-order valence-corrected chi connectivity index (χ4v) is 1.96. The first-order chi connectivity index (χ1) is 8.76. The minimum Gasteiger partial charge on any atom is -0.508 e. The molecule has 1 aromatic rings. The van der Waals surface area contributed by atoms with Crippen molar-refractivity contribution in [2.75, 3.05) is 5.32 Å². The summed E-state index contributed by atoms with van der Waals surface area (Å²) in [4.78, 5) is 11.8. The summed E-state index contributed by atoms with van der Waals surface area (Å²) in [5, 5.41) is 12.2. The number of rotatable bonds is 2. The van der Waals surface area contributed by atoms with Gasteiger partial charge in [-0.15, -0.1) is 0 Å². The van der Waals surface area contributed by atoms with Crippen LogP contribution in [0, 0.1) is 0 Å². The molecule has 2 atom stereocenters. The first kappa shape index (κ1) is 13.7. The maximum absolute atomic E-state index is 11.8. The third kappa shape index (κ3) is 3.61. The highest BCUT2D eigenvalue weighted by atomic mass is 16.6. The normalized spacial score (nSPS) is 21.9. The topological polar surface area (TPSA) is 84.6 Å². The number of hydrogen-bond donors (Lipinski definition) is 3. The number of aromatic hydroxyl groups is 1.